The number of para-hydroxylation sites is 2. The van der Waals surface area contributed by atoms with E-state index in [2.05, 4.69) is 143 Å². The van der Waals surface area contributed by atoms with Gasteiger partial charge in [-0.05, 0) is 127 Å². The third-order valence-corrected chi connectivity index (χ3v) is 10.0. The van der Waals surface area contributed by atoms with E-state index in [0.717, 1.165) is 11.8 Å². The Morgan fingerprint density at radius 3 is 1.59 bits per heavy atom. The Labute approximate surface area is 256 Å². The molecule has 44 heavy (non-hydrogen) atoms. The van der Waals surface area contributed by atoms with Crippen molar-refractivity contribution in [1.29, 1.82) is 0 Å². The Hall–Kier alpha value is -5.08. The zero-order valence-corrected chi connectivity index (χ0v) is 24.6. The maximum absolute atomic E-state index is 2.46. The lowest BCUT2D eigenvalue weighted by atomic mass is 10.0. The molecule has 8 aromatic rings. The number of aromatic nitrogens is 2. The zero-order chi connectivity index (χ0) is 28.8. The monoisotopic (exact) mass is 564 g/mol. The van der Waals surface area contributed by atoms with Gasteiger partial charge in [0.15, 0.2) is 0 Å². The maximum Gasteiger partial charge on any atom is 0.0541 e. The number of benzene rings is 6. The molecule has 210 valence electrons. The van der Waals surface area contributed by atoms with E-state index >= 15 is 0 Å². The van der Waals surface area contributed by atoms with Gasteiger partial charge in [0.1, 0.15) is 0 Å². The lowest BCUT2D eigenvalue weighted by Gasteiger charge is -2.11. The van der Waals surface area contributed by atoms with Crippen molar-refractivity contribution < 1.29 is 0 Å². The van der Waals surface area contributed by atoms with Crippen LogP contribution in [0.1, 0.15) is 48.6 Å². The minimum Gasteiger partial charge on any atom is -0.309 e. The molecule has 0 radical (unpaired) electrons. The molecule has 0 atom stereocenters. The minimum absolute atomic E-state index is 0.723. The van der Waals surface area contributed by atoms with Crippen LogP contribution in [0.2, 0.25) is 0 Å². The van der Waals surface area contributed by atoms with Crippen molar-refractivity contribution in [3.8, 4) is 22.5 Å². The molecule has 0 spiro atoms. The van der Waals surface area contributed by atoms with Crippen LogP contribution in [-0.4, -0.2) is 9.13 Å². The van der Waals surface area contributed by atoms with Gasteiger partial charge in [0, 0.05) is 32.9 Å². The van der Waals surface area contributed by atoms with Crippen molar-refractivity contribution >= 4 is 43.6 Å². The number of hydrogen-bond donors (Lipinski definition) is 0. The molecule has 10 rings (SSSR count). The molecule has 2 aromatic heterocycles. The first-order valence-electron chi connectivity index (χ1n) is 16.1. The van der Waals surface area contributed by atoms with E-state index in [4.69, 9.17) is 0 Å². The lowest BCUT2D eigenvalue weighted by Crippen LogP contribution is -1.95. The molecule has 0 amide bonds. The molecule has 2 saturated carbocycles. The second kappa shape index (κ2) is 9.21. The lowest BCUT2D eigenvalue weighted by molar-refractivity contribution is 1.13. The van der Waals surface area contributed by atoms with Crippen LogP contribution in [0.15, 0.2) is 133 Å². The van der Waals surface area contributed by atoms with Gasteiger partial charge in [0.2, 0.25) is 0 Å². The Morgan fingerprint density at radius 1 is 0.364 bits per heavy atom. The van der Waals surface area contributed by atoms with Gasteiger partial charge in [-0.2, -0.15) is 0 Å². The van der Waals surface area contributed by atoms with Gasteiger partial charge in [-0.3, -0.25) is 0 Å². The minimum atomic E-state index is 0.723. The average molecular weight is 565 g/mol. The highest BCUT2D eigenvalue weighted by molar-refractivity contribution is 6.11. The highest BCUT2D eigenvalue weighted by atomic mass is 15.0. The molecule has 0 bridgehead atoms. The van der Waals surface area contributed by atoms with Crippen LogP contribution in [-0.2, 0) is 0 Å². The maximum atomic E-state index is 2.46. The van der Waals surface area contributed by atoms with Gasteiger partial charge in [-0.15, -0.1) is 0 Å². The van der Waals surface area contributed by atoms with Gasteiger partial charge in [0.25, 0.3) is 0 Å². The third-order valence-electron chi connectivity index (χ3n) is 10.0. The summed E-state index contributed by atoms with van der Waals surface area (Å²) in [6.07, 6.45) is 5.27. The standard InChI is InChI=1S/C42H32N2/c1-2-8-33(9-3-1)43-41-21-18-31(28-15-16-28)25-37(41)38-26-32(19-22-42(38)43)29-7-6-10-34(23-29)44-39-12-5-4-11-35(39)36-24-30(27-13-14-27)17-20-40(36)44/h1-12,17-28H,13-16H2. The summed E-state index contributed by atoms with van der Waals surface area (Å²) in [5.41, 5.74) is 12.9. The highest BCUT2D eigenvalue weighted by Gasteiger charge is 2.26. The summed E-state index contributed by atoms with van der Waals surface area (Å²) in [6, 6.07) is 50.1. The zero-order valence-electron chi connectivity index (χ0n) is 24.6. The van der Waals surface area contributed by atoms with Crippen LogP contribution in [0.4, 0.5) is 0 Å². The van der Waals surface area contributed by atoms with Crippen molar-refractivity contribution in [1.82, 2.24) is 9.13 Å². The van der Waals surface area contributed by atoms with Gasteiger partial charge in [-0.25, -0.2) is 0 Å². The first-order valence-corrected chi connectivity index (χ1v) is 16.1. The molecule has 2 aliphatic rings. The molecular formula is C42H32N2. The molecule has 2 nitrogen and oxygen atoms in total. The summed E-state index contributed by atoms with van der Waals surface area (Å²) in [7, 11) is 0. The summed E-state index contributed by atoms with van der Waals surface area (Å²) in [4.78, 5) is 0. The summed E-state index contributed by atoms with van der Waals surface area (Å²) in [6.45, 7) is 0. The van der Waals surface area contributed by atoms with Crippen molar-refractivity contribution in [2.24, 2.45) is 0 Å². The largest absolute Gasteiger partial charge is 0.309 e. The number of rotatable bonds is 5. The van der Waals surface area contributed by atoms with Crippen LogP contribution < -0.4 is 0 Å². The predicted molar refractivity (Wildman–Crippen MR) is 185 cm³/mol. The van der Waals surface area contributed by atoms with E-state index in [9.17, 15) is 0 Å². The van der Waals surface area contributed by atoms with E-state index in [1.165, 1.54) is 103 Å². The van der Waals surface area contributed by atoms with Crippen molar-refractivity contribution in [3.63, 3.8) is 0 Å². The molecule has 2 heterocycles. The molecule has 2 fully saturated rings. The summed E-state index contributed by atoms with van der Waals surface area (Å²) in [5.74, 6) is 1.47. The van der Waals surface area contributed by atoms with E-state index in [-0.39, 0.29) is 0 Å². The summed E-state index contributed by atoms with van der Waals surface area (Å²) < 4.78 is 4.88. The molecule has 0 N–H and O–H groups in total. The molecule has 2 heteroatoms. The first-order chi connectivity index (χ1) is 21.8. The van der Waals surface area contributed by atoms with Crippen LogP contribution in [0.25, 0.3) is 66.1 Å². The van der Waals surface area contributed by atoms with Crippen LogP contribution in [0.3, 0.4) is 0 Å². The second-order valence-electron chi connectivity index (χ2n) is 12.9. The van der Waals surface area contributed by atoms with E-state index in [1.54, 1.807) is 0 Å². The first kappa shape index (κ1) is 24.4. The van der Waals surface area contributed by atoms with Crippen LogP contribution in [0.5, 0.6) is 0 Å². The summed E-state index contributed by atoms with van der Waals surface area (Å²) in [5, 5.41) is 5.35. The van der Waals surface area contributed by atoms with Crippen molar-refractivity contribution in [2.75, 3.05) is 0 Å². The van der Waals surface area contributed by atoms with E-state index in [0.29, 0.717) is 0 Å². The second-order valence-corrected chi connectivity index (χ2v) is 12.9. The van der Waals surface area contributed by atoms with Gasteiger partial charge in [0.05, 0.1) is 22.1 Å². The third kappa shape index (κ3) is 3.74. The Morgan fingerprint density at radius 2 is 0.886 bits per heavy atom. The quantitative estimate of drug-likeness (QED) is 0.197. The molecule has 2 aliphatic carbocycles. The fourth-order valence-corrected chi connectivity index (χ4v) is 7.51. The van der Waals surface area contributed by atoms with Crippen LogP contribution >= 0.6 is 0 Å². The SMILES string of the molecule is c1ccc(-n2c3ccc(-c4cccc(-n5c6ccccc6c6cc(C7CC7)ccc65)c4)cc3c3cc(C4CC4)ccc32)cc1. The summed E-state index contributed by atoms with van der Waals surface area (Å²) >= 11 is 0. The number of fused-ring (bicyclic) bond motifs is 6. The molecular weight excluding hydrogens is 532 g/mol. The highest BCUT2D eigenvalue weighted by Crippen LogP contribution is 2.44. The van der Waals surface area contributed by atoms with Gasteiger partial charge in [-0.1, -0.05) is 66.7 Å². The fraction of sp³-hybridized carbons (Fsp3) is 0.143. The Balaban J connectivity index is 1.16. The normalized spacial score (nSPS) is 15.2. The number of hydrogen-bond acceptors (Lipinski definition) is 0. The molecule has 0 unspecified atom stereocenters. The number of nitrogens with zero attached hydrogens (tertiary/aromatic N) is 2. The predicted octanol–water partition coefficient (Wildman–Crippen LogP) is 11.3. The van der Waals surface area contributed by atoms with Crippen LogP contribution in [0, 0.1) is 0 Å². The van der Waals surface area contributed by atoms with Gasteiger partial charge < -0.3 is 9.13 Å². The Kier molecular flexibility index (Phi) is 5.10. The van der Waals surface area contributed by atoms with Gasteiger partial charge >= 0.3 is 0 Å². The molecule has 0 aliphatic heterocycles. The Bertz CT molecular complexity index is 2400. The fourth-order valence-electron chi connectivity index (χ4n) is 7.51. The van der Waals surface area contributed by atoms with Crippen molar-refractivity contribution in [3.05, 3.63) is 145 Å². The molecule has 6 aromatic carbocycles. The topological polar surface area (TPSA) is 9.86 Å². The van der Waals surface area contributed by atoms with Crippen molar-refractivity contribution in [2.45, 2.75) is 37.5 Å². The van der Waals surface area contributed by atoms with E-state index in [1.807, 2.05) is 0 Å². The smallest absolute Gasteiger partial charge is 0.0541 e. The molecule has 0 saturated heterocycles. The van der Waals surface area contributed by atoms with E-state index < -0.39 is 0 Å². The average Bonchev–Trinajstić information content (AvgIpc) is 4.03.